The molecular weight excluding hydrogens is 274 g/mol. The SMILES string of the molecule is CCS(=O)(=O)Nc1cc(-c2nnc(C)o2)sc1C. The molecule has 0 aliphatic rings. The number of thiophene rings is 1. The smallest absolute Gasteiger partial charge is 0.257 e. The standard InChI is InChI=1S/C10H13N3O3S2/c1-4-18(14,15)13-8-5-9(17-6(8)2)10-12-11-7(3)16-10/h5,13H,4H2,1-3H3. The predicted molar refractivity (Wildman–Crippen MR) is 70.2 cm³/mol. The topological polar surface area (TPSA) is 85.1 Å². The first-order chi connectivity index (χ1) is 8.41. The fourth-order valence-corrected chi connectivity index (χ4v) is 2.98. The highest BCUT2D eigenvalue weighted by molar-refractivity contribution is 7.92. The summed E-state index contributed by atoms with van der Waals surface area (Å²) >= 11 is 1.41. The van der Waals surface area contributed by atoms with E-state index in [4.69, 9.17) is 4.42 Å². The monoisotopic (exact) mass is 287 g/mol. The molecule has 98 valence electrons. The van der Waals surface area contributed by atoms with Crippen LogP contribution in [0.4, 0.5) is 5.69 Å². The van der Waals surface area contributed by atoms with Crippen molar-refractivity contribution in [1.29, 1.82) is 0 Å². The Morgan fingerprint density at radius 2 is 2.11 bits per heavy atom. The zero-order valence-electron chi connectivity index (χ0n) is 10.2. The maximum atomic E-state index is 11.5. The highest BCUT2D eigenvalue weighted by atomic mass is 32.2. The lowest BCUT2D eigenvalue weighted by molar-refractivity contribution is 0.534. The van der Waals surface area contributed by atoms with Gasteiger partial charge in [-0.25, -0.2) is 8.42 Å². The second-order valence-corrected chi connectivity index (χ2v) is 6.98. The normalized spacial score (nSPS) is 11.7. The molecule has 2 heterocycles. The van der Waals surface area contributed by atoms with Crippen LogP contribution in [0.1, 0.15) is 17.7 Å². The minimum Gasteiger partial charge on any atom is -0.420 e. The van der Waals surface area contributed by atoms with Crippen LogP contribution in [0.3, 0.4) is 0 Å². The molecule has 0 fully saturated rings. The molecule has 2 aromatic rings. The van der Waals surface area contributed by atoms with Crippen LogP contribution in [0.2, 0.25) is 0 Å². The second kappa shape index (κ2) is 4.69. The number of sulfonamides is 1. The second-order valence-electron chi connectivity index (χ2n) is 3.71. The zero-order valence-corrected chi connectivity index (χ0v) is 11.9. The molecule has 0 aromatic carbocycles. The molecule has 1 N–H and O–H groups in total. The van der Waals surface area contributed by atoms with Gasteiger partial charge in [0.15, 0.2) is 0 Å². The van der Waals surface area contributed by atoms with E-state index in [0.29, 0.717) is 17.5 Å². The van der Waals surface area contributed by atoms with Crippen molar-refractivity contribution in [2.75, 3.05) is 10.5 Å². The van der Waals surface area contributed by atoms with Crippen LogP contribution in [-0.2, 0) is 10.0 Å². The number of aromatic nitrogens is 2. The van der Waals surface area contributed by atoms with E-state index in [-0.39, 0.29) is 5.75 Å². The van der Waals surface area contributed by atoms with Gasteiger partial charge < -0.3 is 4.42 Å². The minimum absolute atomic E-state index is 0.0390. The lowest BCUT2D eigenvalue weighted by atomic mass is 10.4. The number of hydrogen-bond donors (Lipinski definition) is 1. The van der Waals surface area contributed by atoms with Crippen molar-refractivity contribution in [2.45, 2.75) is 20.8 Å². The average Bonchev–Trinajstić information content (AvgIpc) is 2.86. The molecule has 8 heteroatoms. The van der Waals surface area contributed by atoms with Gasteiger partial charge in [-0.05, 0) is 19.9 Å². The summed E-state index contributed by atoms with van der Waals surface area (Å²) in [7, 11) is -3.27. The molecule has 18 heavy (non-hydrogen) atoms. The fourth-order valence-electron chi connectivity index (χ4n) is 1.32. The van der Waals surface area contributed by atoms with Crippen LogP contribution in [0.5, 0.6) is 0 Å². The first-order valence-corrected chi connectivity index (χ1v) is 7.79. The van der Waals surface area contributed by atoms with E-state index >= 15 is 0 Å². The number of nitrogens with one attached hydrogen (secondary N) is 1. The van der Waals surface area contributed by atoms with Crippen LogP contribution >= 0.6 is 11.3 Å². The van der Waals surface area contributed by atoms with E-state index in [2.05, 4.69) is 14.9 Å². The third-order valence-electron chi connectivity index (χ3n) is 2.30. The van der Waals surface area contributed by atoms with Crippen LogP contribution in [0, 0.1) is 13.8 Å². The molecule has 0 aliphatic carbocycles. The number of nitrogens with zero attached hydrogens (tertiary/aromatic N) is 2. The number of rotatable bonds is 4. The Labute approximate surface area is 109 Å². The number of aryl methyl sites for hydroxylation is 2. The van der Waals surface area contributed by atoms with Crippen LogP contribution in [0.25, 0.3) is 10.8 Å². The maximum absolute atomic E-state index is 11.5. The maximum Gasteiger partial charge on any atom is 0.257 e. The van der Waals surface area contributed by atoms with E-state index in [9.17, 15) is 8.42 Å². The summed E-state index contributed by atoms with van der Waals surface area (Å²) in [6, 6.07) is 1.71. The summed E-state index contributed by atoms with van der Waals surface area (Å²) in [5.74, 6) is 0.923. The van der Waals surface area contributed by atoms with Gasteiger partial charge in [0.05, 0.1) is 16.3 Å². The average molecular weight is 287 g/mol. The Morgan fingerprint density at radius 3 is 2.67 bits per heavy atom. The van der Waals surface area contributed by atoms with Crippen molar-refractivity contribution < 1.29 is 12.8 Å². The molecule has 0 unspecified atom stereocenters. The van der Waals surface area contributed by atoms with Crippen LogP contribution in [-0.4, -0.2) is 24.4 Å². The van der Waals surface area contributed by atoms with Gasteiger partial charge in [-0.15, -0.1) is 21.5 Å². The van der Waals surface area contributed by atoms with Gasteiger partial charge >= 0.3 is 0 Å². The highest BCUT2D eigenvalue weighted by Crippen LogP contribution is 2.33. The van der Waals surface area contributed by atoms with Gasteiger partial charge in [0.25, 0.3) is 5.89 Å². The third-order valence-corrected chi connectivity index (χ3v) is 4.63. The molecule has 2 aromatic heterocycles. The molecule has 0 bridgehead atoms. The molecule has 0 radical (unpaired) electrons. The number of hydrogen-bond acceptors (Lipinski definition) is 6. The van der Waals surface area contributed by atoms with Crippen LogP contribution < -0.4 is 4.72 Å². The van der Waals surface area contributed by atoms with Crippen molar-refractivity contribution in [3.8, 4) is 10.8 Å². The van der Waals surface area contributed by atoms with Gasteiger partial charge in [0.1, 0.15) is 0 Å². The summed E-state index contributed by atoms with van der Waals surface area (Å²) in [6.07, 6.45) is 0. The van der Waals surface area contributed by atoms with Gasteiger partial charge in [0.2, 0.25) is 15.9 Å². The molecule has 0 aliphatic heterocycles. The molecule has 6 nitrogen and oxygen atoms in total. The van der Waals surface area contributed by atoms with Crippen molar-refractivity contribution in [2.24, 2.45) is 0 Å². The molecule has 0 saturated heterocycles. The first kappa shape index (κ1) is 13.0. The van der Waals surface area contributed by atoms with E-state index < -0.39 is 10.0 Å². The first-order valence-electron chi connectivity index (χ1n) is 5.32. The summed E-state index contributed by atoms with van der Waals surface area (Å²) in [6.45, 7) is 5.13. The van der Waals surface area contributed by atoms with Crippen molar-refractivity contribution in [1.82, 2.24) is 10.2 Å². The van der Waals surface area contributed by atoms with Gasteiger partial charge in [-0.2, -0.15) is 0 Å². The quantitative estimate of drug-likeness (QED) is 0.931. The van der Waals surface area contributed by atoms with Gasteiger partial charge in [-0.1, -0.05) is 0 Å². The Kier molecular flexibility index (Phi) is 3.40. The summed E-state index contributed by atoms with van der Waals surface area (Å²) in [5.41, 5.74) is 0.563. The van der Waals surface area contributed by atoms with Crippen molar-refractivity contribution in [3.63, 3.8) is 0 Å². The van der Waals surface area contributed by atoms with Gasteiger partial charge in [0, 0.05) is 11.8 Å². The van der Waals surface area contributed by atoms with E-state index in [1.807, 2.05) is 6.92 Å². The third kappa shape index (κ3) is 2.70. The molecule has 0 atom stereocenters. The molecule has 0 spiro atoms. The largest absolute Gasteiger partial charge is 0.420 e. The Hall–Kier alpha value is -1.41. The molecular formula is C10H13N3O3S2. The molecule has 0 saturated carbocycles. The lowest BCUT2D eigenvalue weighted by Crippen LogP contribution is -2.14. The van der Waals surface area contributed by atoms with E-state index in [1.165, 1.54) is 11.3 Å². The molecule has 2 rings (SSSR count). The summed E-state index contributed by atoms with van der Waals surface area (Å²) in [4.78, 5) is 1.61. The van der Waals surface area contributed by atoms with Gasteiger partial charge in [-0.3, -0.25) is 4.72 Å². The fraction of sp³-hybridized carbons (Fsp3) is 0.400. The highest BCUT2D eigenvalue weighted by Gasteiger charge is 2.15. The minimum atomic E-state index is -3.27. The van der Waals surface area contributed by atoms with E-state index in [1.54, 1.807) is 19.9 Å². The molecule has 0 amide bonds. The van der Waals surface area contributed by atoms with Crippen molar-refractivity contribution >= 4 is 27.0 Å². The summed E-state index contributed by atoms with van der Waals surface area (Å²) < 4.78 is 30.9. The summed E-state index contributed by atoms with van der Waals surface area (Å²) in [5, 5.41) is 7.65. The zero-order chi connectivity index (χ0) is 13.3. The van der Waals surface area contributed by atoms with Crippen molar-refractivity contribution in [3.05, 3.63) is 16.8 Å². The lowest BCUT2D eigenvalue weighted by Gasteiger charge is -2.03. The van der Waals surface area contributed by atoms with E-state index in [0.717, 1.165) is 9.75 Å². The Morgan fingerprint density at radius 1 is 1.39 bits per heavy atom. The number of anilines is 1. The Bertz CT molecular complexity index is 658. The van der Waals surface area contributed by atoms with Crippen LogP contribution in [0.15, 0.2) is 10.5 Å². The Balaban J connectivity index is 2.33. The predicted octanol–water partition coefficient (Wildman–Crippen LogP) is 2.18.